The Morgan fingerprint density at radius 2 is 1.89 bits per heavy atom. The van der Waals surface area contributed by atoms with Crippen molar-refractivity contribution in [1.29, 1.82) is 0 Å². The van der Waals surface area contributed by atoms with E-state index in [1.165, 1.54) is 30.2 Å². The van der Waals surface area contributed by atoms with Gasteiger partial charge in [-0.1, -0.05) is 31.6 Å². The number of hydrogen-bond donors (Lipinski definition) is 1. The number of allylic oxidation sites excluding steroid dienone is 3. The van der Waals surface area contributed by atoms with E-state index < -0.39 is 0 Å². The predicted molar refractivity (Wildman–Crippen MR) is 139 cm³/mol. The Kier molecular flexibility index (Phi) is 5.73. The van der Waals surface area contributed by atoms with E-state index in [0.717, 1.165) is 37.9 Å². The zero-order valence-corrected chi connectivity index (χ0v) is 21.5. The molecule has 1 amide bonds. The molecular formula is C30H36N4O2. The number of nitrogens with zero attached hydrogens (tertiary/aromatic N) is 3. The molecule has 4 aliphatic rings. The molecule has 1 N–H and O–H groups in total. The van der Waals surface area contributed by atoms with Crippen LogP contribution in [0.25, 0.3) is 5.57 Å². The van der Waals surface area contributed by atoms with Crippen LogP contribution >= 0.6 is 0 Å². The highest BCUT2D eigenvalue weighted by atomic mass is 16.5. The molecule has 2 fully saturated rings. The summed E-state index contributed by atoms with van der Waals surface area (Å²) < 4.78 is 5.47. The van der Waals surface area contributed by atoms with Crippen LogP contribution in [0.2, 0.25) is 0 Å². The number of carbonyl (C=O) groups excluding carboxylic acids is 1. The van der Waals surface area contributed by atoms with E-state index in [9.17, 15) is 4.79 Å². The van der Waals surface area contributed by atoms with Gasteiger partial charge >= 0.3 is 0 Å². The van der Waals surface area contributed by atoms with Gasteiger partial charge in [0.25, 0.3) is 5.91 Å². The number of carbonyl (C=O) groups is 1. The molecule has 0 saturated heterocycles. The van der Waals surface area contributed by atoms with Crippen LogP contribution in [0.3, 0.4) is 0 Å². The van der Waals surface area contributed by atoms with Crippen LogP contribution in [0.4, 0.5) is 0 Å². The lowest BCUT2D eigenvalue weighted by molar-refractivity contribution is -0.0123. The van der Waals surface area contributed by atoms with Crippen LogP contribution in [0.15, 0.2) is 54.6 Å². The average molecular weight is 485 g/mol. The second-order valence-corrected chi connectivity index (χ2v) is 11.7. The highest BCUT2D eigenvalue weighted by molar-refractivity contribution is 5.93. The Labute approximate surface area is 213 Å². The molecule has 2 aromatic heterocycles. The summed E-state index contributed by atoms with van der Waals surface area (Å²) in [6, 6.07) is 4.07. The maximum absolute atomic E-state index is 12.7. The van der Waals surface area contributed by atoms with Gasteiger partial charge in [0.05, 0.1) is 31.3 Å². The normalized spacial score (nSPS) is 35.0. The minimum absolute atomic E-state index is 0.0437. The van der Waals surface area contributed by atoms with Crippen molar-refractivity contribution in [3.05, 3.63) is 65.8 Å². The van der Waals surface area contributed by atoms with E-state index in [1.54, 1.807) is 31.1 Å². The van der Waals surface area contributed by atoms with Crippen LogP contribution in [0.5, 0.6) is 5.75 Å². The van der Waals surface area contributed by atoms with Gasteiger partial charge in [0.2, 0.25) is 0 Å². The predicted octanol–water partition coefficient (Wildman–Crippen LogP) is 5.63. The molecule has 0 unspecified atom stereocenters. The third kappa shape index (κ3) is 3.68. The molecule has 6 rings (SSSR count). The first-order chi connectivity index (χ1) is 17.4. The topological polar surface area (TPSA) is 77.0 Å². The van der Waals surface area contributed by atoms with Crippen molar-refractivity contribution in [1.82, 2.24) is 20.5 Å². The zero-order chi connectivity index (χ0) is 24.9. The van der Waals surface area contributed by atoms with Gasteiger partial charge in [-0.15, -0.1) is 0 Å². The van der Waals surface area contributed by atoms with Crippen molar-refractivity contribution in [2.45, 2.75) is 64.8 Å². The Morgan fingerprint density at radius 3 is 2.69 bits per heavy atom. The van der Waals surface area contributed by atoms with Crippen molar-refractivity contribution in [3.63, 3.8) is 0 Å². The van der Waals surface area contributed by atoms with Gasteiger partial charge in [0.15, 0.2) is 0 Å². The fourth-order valence-corrected chi connectivity index (χ4v) is 8.17. The number of methoxy groups -OCH3 is 1. The number of aromatic nitrogens is 3. The second kappa shape index (κ2) is 8.82. The number of hydrogen-bond acceptors (Lipinski definition) is 5. The molecule has 6 nitrogen and oxygen atoms in total. The lowest BCUT2D eigenvalue weighted by Crippen LogP contribution is -2.51. The first-order valence-corrected chi connectivity index (χ1v) is 13.4. The number of nitrogens with one attached hydrogen (secondary N) is 1. The van der Waals surface area contributed by atoms with E-state index in [4.69, 9.17) is 4.74 Å². The SMILES string of the molecule is COc1cncc(C2=CC[C@H]3[C@@H]4CC=C5C[C@@H](NC(=O)c6ccnnc6)CC[C@]5(C)[C@H]4CC[C@]23C)c1. The number of ether oxygens (including phenoxy) is 1. The molecule has 0 aliphatic heterocycles. The molecule has 6 heteroatoms. The molecule has 2 aromatic rings. The largest absolute Gasteiger partial charge is 0.495 e. The molecule has 4 aliphatic carbocycles. The monoisotopic (exact) mass is 484 g/mol. The number of amides is 1. The summed E-state index contributed by atoms with van der Waals surface area (Å²) in [5, 5.41) is 10.9. The van der Waals surface area contributed by atoms with Crippen molar-refractivity contribution >= 4 is 11.5 Å². The van der Waals surface area contributed by atoms with Crippen LogP contribution in [-0.4, -0.2) is 34.2 Å². The van der Waals surface area contributed by atoms with Gasteiger partial charge in [-0.05, 0) is 96.8 Å². The second-order valence-electron chi connectivity index (χ2n) is 11.7. The van der Waals surface area contributed by atoms with E-state index >= 15 is 0 Å². The quantitative estimate of drug-likeness (QED) is 0.569. The summed E-state index contributed by atoms with van der Waals surface area (Å²) in [6.45, 7) is 5.01. The van der Waals surface area contributed by atoms with Crippen LogP contribution < -0.4 is 10.1 Å². The Balaban J connectivity index is 1.20. The fraction of sp³-hybridized carbons (Fsp3) is 0.533. The fourth-order valence-electron chi connectivity index (χ4n) is 8.17. The number of fused-ring (bicyclic) bond motifs is 5. The summed E-state index contributed by atoms with van der Waals surface area (Å²) >= 11 is 0. The van der Waals surface area contributed by atoms with E-state index in [-0.39, 0.29) is 22.8 Å². The molecule has 36 heavy (non-hydrogen) atoms. The van der Waals surface area contributed by atoms with Gasteiger partial charge in [0, 0.05) is 12.2 Å². The lowest BCUT2D eigenvalue weighted by atomic mass is 9.47. The minimum atomic E-state index is -0.0437. The van der Waals surface area contributed by atoms with E-state index in [2.05, 4.69) is 52.6 Å². The first-order valence-electron chi connectivity index (χ1n) is 13.4. The number of rotatable bonds is 4. The molecule has 188 valence electrons. The summed E-state index contributed by atoms with van der Waals surface area (Å²) in [4.78, 5) is 17.2. The maximum Gasteiger partial charge on any atom is 0.253 e. The molecule has 0 spiro atoms. The highest BCUT2D eigenvalue weighted by Gasteiger charge is 2.56. The Hall–Kier alpha value is -3.02. The highest BCUT2D eigenvalue weighted by Crippen LogP contribution is 2.66. The summed E-state index contributed by atoms with van der Waals surface area (Å²) in [5.74, 6) is 2.88. The van der Waals surface area contributed by atoms with Crippen LogP contribution in [-0.2, 0) is 0 Å². The average Bonchev–Trinajstić information content (AvgIpc) is 3.26. The molecule has 6 atom stereocenters. The molecule has 2 saturated carbocycles. The maximum atomic E-state index is 12.7. The lowest BCUT2D eigenvalue weighted by Gasteiger charge is -2.58. The standard InChI is InChI=1S/C30H36N4O2/c1-29-11-8-22(34-28(35)19-10-13-32-33-17-19)15-21(29)4-5-24-26-7-6-25(30(26,2)12-9-27(24)29)20-14-23(36-3)18-31-16-20/h4,6,10,13-14,16-18,22,24,26-27H,5,7-9,11-12,15H2,1-3H3,(H,34,35)/t22-,24-,26-,27-,29-,30+/m0/s1. The minimum Gasteiger partial charge on any atom is -0.495 e. The molecule has 0 radical (unpaired) electrons. The van der Waals surface area contributed by atoms with Gasteiger partial charge in [-0.2, -0.15) is 10.2 Å². The summed E-state index contributed by atoms with van der Waals surface area (Å²) in [7, 11) is 1.71. The van der Waals surface area contributed by atoms with Gasteiger partial charge < -0.3 is 10.1 Å². The van der Waals surface area contributed by atoms with Gasteiger partial charge in [-0.25, -0.2) is 0 Å². The van der Waals surface area contributed by atoms with Crippen molar-refractivity contribution in [2.24, 2.45) is 28.6 Å². The van der Waals surface area contributed by atoms with E-state index in [0.29, 0.717) is 23.3 Å². The van der Waals surface area contributed by atoms with Crippen LogP contribution in [0.1, 0.15) is 74.7 Å². The van der Waals surface area contributed by atoms with Crippen molar-refractivity contribution < 1.29 is 9.53 Å². The van der Waals surface area contributed by atoms with Gasteiger partial charge in [0.1, 0.15) is 5.75 Å². The van der Waals surface area contributed by atoms with Crippen LogP contribution in [0, 0.1) is 28.6 Å². The first kappa shape index (κ1) is 23.4. The number of pyridine rings is 1. The summed E-state index contributed by atoms with van der Waals surface area (Å²) in [6.07, 6.45) is 19.9. The summed E-state index contributed by atoms with van der Waals surface area (Å²) in [5.41, 5.74) is 5.27. The Morgan fingerprint density at radius 1 is 1.03 bits per heavy atom. The Bertz CT molecular complexity index is 1220. The molecular weight excluding hydrogens is 448 g/mol. The molecule has 0 bridgehead atoms. The molecule has 2 heterocycles. The smallest absolute Gasteiger partial charge is 0.253 e. The third-order valence-electron chi connectivity index (χ3n) is 10.1. The van der Waals surface area contributed by atoms with Gasteiger partial charge in [-0.3, -0.25) is 9.78 Å². The third-order valence-corrected chi connectivity index (χ3v) is 10.1. The van der Waals surface area contributed by atoms with Crippen molar-refractivity contribution in [3.8, 4) is 5.75 Å². The zero-order valence-electron chi connectivity index (χ0n) is 21.5. The molecule has 0 aromatic carbocycles. The van der Waals surface area contributed by atoms with E-state index in [1.807, 2.05) is 6.20 Å². The van der Waals surface area contributed by atoms with Crippen molar-refractivity contribution in [2.75, 3.05) is 7.11 Å².